The van der Waals surface area contributed by atoms with Crippen LogP contribution in [0.4, 0.5) is 13.6 Å². The second-order valence-electron chi connectivity index (χ2n) is 4.89. The minimum Gasteiger partial charge on any atom is -0.481 e. The van der Waals surface area contributed by atoms with Crippen molar-refractivity contribution in [2.75, 3.05) is 13.6 Å². The lowest BCUT2D eigenvalue weighted by Gasteiger charge is -2.29. The maximum atomic E-state index is 12.1. The van der Waals surface area contributed by atoms with Gasteiger partial charge in [0.15, 0.2) is 0 Å². The zero-order valence-electron chi connectivity index (χ0n) is 10.4. The summed E-state index contributed by atoms with van der Waals surface area (Å²) in [7, 11) is 1.26. The molecule has 2 unspecified atom stereocenters. The highest BCUT2D eigenvalue weighted by Crippen LogP contribution is 2.38. The molecule has 0 radical (unpaired) electrons. The van der Waals surface area contributed by atoms with E-state index in [9.17, 15) is 18.4 Å². The van der Waals surface area contributed by atoms with Crippen LogP contribution in [0.2, 0.25) is 0 Å². The molecule has 1 fully saturated rings. The molecule has 7 heteroatoms. The fourth-order valence-electron chi connectivity index (χ4n) is 2.20. The van der Waals surface area contributed by atoms with E-state index < -0.39 is 36.4 Å². The van der Waals surface area contributed by atoms with Gasteiger partial charge in [-0.2, -0.15) is 0 Å². The van der Waals surface area contributed by atoms with Gasteiger partial charge >= 0.3 is 12.0 Å². The van der Waals surface area contributed by atoms with Gasteiger partial charge in [0.2, 0.25) is 0 Å². The SMILES string of the molecule is CN(CC(F)F)C(=O)NC1CCCC1(C)C(=O)O. The van der Waals surface area contributed by atoms with Crippen molar-refractivity contribution in [2.24, 2.45) is 5.41 Å². The van der Waals surface area contributed by atoms with Crippen LogP contribution in [0.15, 0.2) is 0 Å². The van der Waals surface area contributed by atoms with Gasteiger partial charge in [-0.25, -0.2) is 13.6 Å². The average Bonchev–Trinajstić information content (AvgIpc) is 2.60. The van der Waals surface area contributed by atoms with Crippen LogP contribution in [0, 0.1) is 5.41 Å². The van der Waals surface area contributed by atoms with E-state index in [0.29, 0.717) is 19.3 Å². The highest BCUT2D eigenvalue weighted by atomic mass is 19.3. The number of rotatable bonds is 4. The third kappa shape index (κ3) is 3.08. The molecule has 1 aliphatic rings. The van der Waals surface area contributed by atoms with Crippen LogP contribution in [0.3, 0.4) is 0 Å². The normalized spacial score (nSPS) is 27.3. The summed E-state index contributed by atoms with van der Waals surface area (Å²) < 4.78 is 24.2. The topological polar surface area (TPSA) is 69.6 Å². The zero-order valence-corrected chi connectivity index (χ0v) is 10.4. The van der Waals surface area contributed by atoms with Crippen molar-refractivity contribution in [1.29, 1.82) is 0 Å². The predicted molar refractivity (Wildman–Crippen MR) is 60.5 cm³/mol. The van der Waals surface area contributed by atoms with E-state index in [1.54, 1.807) is 6.92 Å². The number of carbonyl (C=O) groups excluding carboxylic acids is 1. The summed E-state index contributed by atoms with van der Waals surface area (Å²) in [5, 5.41) is 11.7. The van der Waals surface area contributed by atoms with Crippen LogP contribution in [0.5, 0.6) is 0 Å². The second-order valence-corrected chi connectivity index (χ2v) is 4.89. The van der Waals surface area contributed by atoms with Gasteiger partial charge in [-0.15, -0.1) is 0 Å². The Morgan fingerprint density at radius 2 is 2.17 bits per heavy atom. The Morgan fingerprint density at radius 3 is 2.67 bits per heavy atom. The molecule has 2 amide bonds. The number of carboxylic acid groups (broad SMARTS) is 1. The molecule has 1 rings (SSSR count). The summed E-state index contributed by atoms with van der Waals surface area (Å²) >= 11 is 0. The molecule has 18 heavy (non-hydrogen) atoms. The second kappa shape index (κ2) is 5.49. The zero-order chi connectivity index (χ0) is 13.9. The molecule has 0 bridgehead atoms. The first-order valence-corrected chi connectivity index (χ1v) is 5.80. The number of halogens is 2. The van der Waals surface area contributed by atoms with E-state index >= 15 is 0 Å². The Labute approximate surface area is 104 Å². The Balaban J connectivity index is 2.61. The molecule has 1 aliphatic carbocycles. The summed E-state index contributed by atoms with van der Waals surface area (Å²) in [6.07, 6.45) is -0.870. The van der Waals surface area contributed by atoms with Crippen molar-refractivity contribution in [3.63, 3.8) is 0 Å². The molecular weight excluding hydrogens is 246 g/mol. The molecule has 0 heterocycles. The number of nitrogens with zero attached hydrogens (tertiary/aromatic N) is 1. The molecule has 2 atom stereocenters. The van der Waals surface area contributed by atoms with E-state index in [1.807, 2.05) is 0 Å². The monoisotopic (exact) mass is 264 g/mol. The van der Waals surface area contributed by atoms with Crippen LogP contribution in [-0.4, -0.2) is 48.1 Å². The Bertz CT molecular complexity index is 338. The van der Waals surface area contributed by atoms with Crippen LogP contribution in [0.1, 0.15) is 26.2 Å². The molecular formula is C11H18F2N2O3. The molecule has 0 saturated heterocycles. The molecule has 0 aromatic heterocycles. The van der Waals surface area contributed by atoms with Gasteiger partial charge in [-0.1, -0.05) is 6.42 Å². The number of amides is 2. The van der Waals surface area contributed by atoms with E-state index in [0.717, 1.165) is 4.90 Å². The van der Waals surface area contributed by atoms with E-state index in [4.69, 9.17) is 5.11 Å². The minimum absolute atomic E-state index is 0.478. The molecule has 1 saturated carbocycles. The van der Waals surface area contributed by atoms with Crippen LogP contribution >= 0.6 is 0 Å². The quantitative estimate of drug-likeness (QED) is 0.809. The number of carbonyl (C=O) groups is 2. The molecule has 5 nitrogen and oxygen atoms in total. The van der Waals surface area contributed by atoms with Gasteiger partial charge < -0.3 is 15.3 Å². The number of hydrogen-bond donors (Lipinski definition) is 2. The molecule has 0 spiro atoms. The largest absolute Gasteiger partial charge is 0.481 e. The Kier molecular flexibility index (Phi) is 4.48. The van der Waals surface area contributed by atoms with Gasteiger partial charge in [0.05, 0.1) is 12.0 Å². The van der Waals surface area contributed by atoms with E-state index in [-0.39, 0.29) is 0 Å². The molecule has 0 aliphatic heterocycles. The van der Waals surface area contributed by atoms with E-state index in [2.05, 4.69) is 5.32 Å². The number of alkyl halides is 2. The number of nitrogens with one attached hydrogen (secondary N) is 1. The minimum atomic E-state index is -2.60. The number of hydrogen-bond acceptors (Lipinski definition) is 2. The van der Waals surface area contributed by atoms with Crippen molar-refractivity contribution >= 4 is 12.0 Å². The predicted octanol–water partition coefficient (Wildman–Crippen LogP) is 1.54. The highest BCUT2D eigenvalue weighted by molar-refractivity contribution is 5.79. The highest BCUT2D eigenvalue weighted by Gasteiger charge is 2.46. The van der Waals surface area contributed by atoms with Gasteiger partial charge in [-0.05, 0) is 19.8 Å². The van der Waals surface area contributed by atoms with E-state index in [1.165, 1.54) is 7.05 Å². The summed E-state index contributed by atoms with van der Waals surface area (Å²) in [5.41, 5.74) is -1.01. The smallest absolute Gasteiger partial charge is 0.317 e. The molecule has 0 aromatic carbocycles. The Morgan fingerprint density at radius 1 is 1.56 bits per heavy atom. The lowest BCUT2D eigenvalue weighted by Crippen LogP contribution is -2.51. The average molecular weight is 264 g/mol. The first-order chi connectivity index (χ1) is 8.27. The van der Waals surface area contributed by atoms with Crippen molar-refractivity contribution in [2.45, 2.75) is 38.7 Å². The third-order valence-corrected chi connectivity index (χ3v) is 3.50. The van der Waals surface area contributed by atoms with Crippen LogP contribution in [0.25, 0.3) is 0 Å². The van der Waals surface area contributed by atoms with Crippen LogP contribution < -0.4 is 5.32 Å². The van der Waals surface area contributed by atoms with Crippen molar-refractivity contribution in [1.82, 2.24) is 10.2 Å². The number of urea groups is 1. The van der Waals surface area contributed by atoms with Crippen LogP contribution in [-0.2, 0) is 4.79 Å². The van der Waals surface area contributed by atoms with Gasteiger partial charge in [-0.3, -0.25) is 4.79 Å². The standard InChI is InChI=1S/C11H18F2N2O3/c1-11(9(16)17)5-3-4-7(11)14-10(18)15(2)6-8(12)13/h7-8H,3-6H2,1-2H3,(H,14,18)(H,16,17). The van der Waals surface area contributed by atoms with Gasteiger partial charge in [0.25, 0.3) is 6.43 Å². The fourth-order valence-corrected chi connectivity index (χ4v) is 2.20. The van der Waals surface area contributed by atoms with Gasteiger partial charge in [0, 0.05) is 13.1 Å². The molecule has 0 aromatic rings. The van der Waals surface area contributed by atoms with Crippen molar-refractivity contribution in [3.8, 4) is 0 Å². The molecule has 104 valence electrons. The Hall–Kier alpha value is -1.40. The lowest BCUT2D eigenvalue weighted by atomic mass is 9.85. The maximum Gasteiger partial charge on any atom is 0.317 e. The first kappa shape index (κ1) is 14.7. The third-order valence-electron chi connectivity index (χ3n) is 3.50. The summed E-state index contributed by atoms with van der Waals surface area (Å²) in [6.45, 7) is 0.905. The number of carboxylic acids is 1. The number of aliphatic carboxylic acids is 1. The first-order valence-electron chi connectivity index (χ1n) is 5.80. The van der Waals surface area contributed by atoms with Crippen molar-refractivity contribution < 1.29 is 23.5 Å². The van der Waals surface area contributed by atoms with Gasteiger partial charge in [0.1, 0.15) is 0 Å². The fraction of sp³-hybridized carbons (Fsp3) is 0.818. The molecule has 2 N–H and O–H groups in total. The maximum absolute atomic E-state index is 12.1. The summed E-state index contributed by atoms with van der Waals surface area (Å²) in [5.74, 6) is -0.971. The lowest BCUT2D eigenvalue weighted by molar-refractivity contribution is -0.148. The van der Waals surface area contributed by atoms with Crippen molar-refractivity contribution in [3.05, 3.63) is 0 Å². The summed E-state index contributed by atoms with van der Waals surface area (Å²) in [6, 6.07) is -1.17. The summed E-state index contributed by atoms with van der Waals surface area (Å²) in [4.78, 5) is 23.7.